The largest absolute Gasteiger partial charge is 0.465 e. The van der Waals surface area contributed by atoms with Crippen LogP contribution in [-0.4, -0.2) is 42.3 Å². The first-order valence-electron chi connectivity index (χ1n) is 8.36. The van der Waals surface area contributed by atoms with Crippen LogP contribution in [0.5, 0.6) is 0 Å². The molecule has 2 aromatic heterocycles. The number of H-pyrrole nitrogens is 1. The summed E-state index contributed by atoms with van der Waals surface area (Å²) in [5, 5.41) is 16.9. The molecule has 1 saturated carbocycles. The standard InChI is InChI=1S/C17H24N4O3/c1-17(2,3)21(16(23)24)12-6-4-5-11(9-12)15-19-18-14-10-13(22)7-8-20(14)15/h7-8,10-12,18H,4-6,9H2,1-3H3,(H,23,24)/t11-,12+/m0/s1. The van der Waals surface area contributed by atoms with Crippen molar-refractivity contribution in [2.75, 3.05) is 0 Å². The predicted octanol–water partition coefficient (Wildman–Crippen LogP) is 2.83. The van der Waals surface area contributed by atoms with E-state index in [9.17, 15) is 14.7 Å². The van der Waals surface area contributed by atoms with Gasteiger partial charge in [0.1, 0.15) is 11.5 Å². The van der Waals surface area contributed by atoms with Crippen molar-refractivity contribution in [2.45, 2.75) is 64.0 Å². The molecular formula is C17H24N4O3. The molecule has 2 aromatic rings. The fourth-order valence-corrected chi connectivity index (χ4v) is 3.85. The molecule has 1 amide bonds. The minimum atomic E-state index is -0.872. The van der Waals surface area contributed by atoms with E-state index in [-0.39, 0.29) is 17.4 Å². The Morgan fingerprint density at radius 2 is 2.17 bits per heavy atom. The van der Waals surface area contributed by atoms with Crippen molar-refractivity contribution in [2.24, 2.45) is 0 Å². The topological polar surface area (TPSA) is 90.7 Å². The molecule has 1 aliphatic rings. The minimum absolute atomic E-state index is 0.0209. The first kappa shape index (κ1) is 16.5. The number of hydrogen-bond donors (Lipinski definition) is 2. The van der Waals surface area contributed by atoms with Crippen molar-refractivity contribution in [3.05, 3.63) is 34.4 Å². The summed E-state index contributed by atoms with van der Waals surface area (Å²) >= 11 is 0. The maximum Gasteiger partial charge on any atom is 0.407 e. The van der Waals surface area contributed by atoms with Crippen LogP contribution in [0.2, 0.25) is 0 Å². The summed E-state index contributed by atoms with van der Waals surface area (Å²) in [5.41, 5.74) is 0.179. The molecule has 0 unspecified atom stereocenters. The zero-order valence-electron chi connectivity index (χ0n) is 14.3. The second kappa shape index (κ2) is 5.96. The van der Waals surface area contributed by atoms with Gasteiger partial charge in [0.05, 0.1) is 0 Å². The summed E-state index contributed by atoms with van der Waals surface area (Å²) in [6.07, 6.45) is 4.42. The lowest BCUT2D eigenvalue weighted by molar-refractivity contribution is 0.0530. The number of carbonyl (C=O) groups is 1. The highest BCUT2D eigenvalue weighted by Gasteiger charge is 2.37. The van der Waals surface area contributed by atoms with E-state index in [1.54, 1.807) is 11.1 Å². The van der Waals surface area contributed by atoms with Gasteiger partial charge in [-0.25, -0.2) is 4.79 Å². The van der Waals surface area contributed by atoms with E-state index < -0.39 is 11.6 Å². The highest BCUT2D eigenvalue weighted by Crippen LogP contribution is 2.36. The molecule has 2 N–H and O–H groups in total. The molecule has 0 saturated heterocycles. The van der Waals surface area contributed by atoms with Gasteiger partial charge in [-0.1, -0.05) is 6.42 Å². The lowest BCUT2D eigenvalue weighted by Crippen LogP contribution is -2.52. The van der Waals surface area contributed by atoms with Crippen molar-refractivity contribution in [1.29, 1.82) is 0 Å². The zero-order chi connectivity index (χ0) is 17.5. The molecule has 2 heterocycles. The third-order valence-electron chi connectivity index (χ3n) is 4.76. The molecule has 0 radical (unpaired) electrons. The van der Waals surface area contributed by atoms with Crippen LogP contribution in [0.1, 0.15) is 58.2 Å². The number of amides is 1. The monoisotopic (exact) mass is 332 g/mol. The third-order valence-corrected chi connectivity index (χ3v) is 4.76. The van der Waals surface area contributed by atoms with Gasteiger partial charge in [0.15, 0.2) is 5.43 Å². The van der Waals surface area contributed by atoms with E-state index in [1.807, 2.05) is 25.2 Å². The van der Waals surface area contributed by atoms with Gasteiger partial charge in [0.25, 0.3) is 0 Å². The lowest BCUT2D eigenvalue weighted by atomic mass is 9.83. The molecule has 0 spiro atoms. The van der Waals surface area contributed by atoms with Gasteiger partial charge in [-0.15, -0.1) is 0 Å². The van der Waals surface area contributed by atoms with Crippen molar-refractivity contribution in [1.82, 2.24) is 19.5 Å². The molecule has 7 nitrogen and oxygen atoms in total. The SMILES string of the molecule is CC(C)(C)N(C(=O)O)[C@@H]1CCC[C@H](c2n[nH]c3cc(=O)ccn23)C1. The maximum absolute atomic E-state index is 11.8. The molecule has 1 fully saturated rings. The number of aromatic nitrogens is 3. The molecule has 1 aliphatic carbocycles. The highest BCUT2D eigenvalue weighted by molar-refractivity contribution is 5.66. The smallest absolute Gasteiger partial charge is 0.407 e. The number of nitrogens with zero attached hydrogens (tertiary/aromatic N) is 3. The second-order valence-corrected chi connectivity index (χ2v) is 7.54. The quantitative estimate of drug-likeness (QED) is 0.885. The number of rotatable bonds is 2. The molecule has 130 valence electrons. The van der Waals surface area contributed by atoms with E-state index in [0.29, 0.717) is 5.65 Å². The van der Waals surface area contributed by atoms with Crippen LogP contribution in [0.3, 0.4) is 0 Å². The van der Waals surface area contributed by atoms with Gasteiger partial charge in [-0.3, -0.25) is 14.3 Å². The van der Waals surface area contributed by atoms with Crippen LogP contribution in [0, 0.1) is 0 Å². The number of fused-ring (bicyclic) bond motifs is 1. The Hall–Kier alpha value is -2.31. The molecule has 7 heteroatoms. The summed E-state index contributed by atoms with van der Waals surface area (Å²) in [5.74, 6) is 1.04. The summed E-state index contributed by atoms with van der Waals surface area (Å²) in [6.45, 7) is 5.79. The van der Waals surface area contributed by atoms with Crippen LogP contribution in [0.25, 0.3) is 5.65 Å². The van der Waals surface area contributed by atoms with E-state index >= 15 is 0 Å². The van der Waals surface area contributed by atoms with Crippen molar-refractivity contribution in [3.8, 4) is 0 Å². The Labute approximate surface area is 140 Å². The minimum Gasteiger partial charge on any atom is -0.465 e. The van der Waals surface area contributed by atoms with Gasteiger partial charge in [0.2, 0.25) is 0 Å². The number of carboxylic acid groups (broad SMARTS) is 1. The normalized spacial score (nSPS) is 21.8. The molecule has 2 atom stereocenters. The summed E-state index contributed by atoms with van der Waals surface area (Å²) in [7, 11) is 0. The van der Waals surface area contributed by atoms with E-state index in [4.69, 9.17) is 0 Å². The second-order valence-electron chi connectivity index (χ2n) is 7.54. The van der Waals surface area contributed by atoms with Crippen molar-refractivity contribution < 1.29 is 9.90 Å². The highest BCUT2D eigenvalue weighted by atomic mass is 16.4. The Balaban J connectivity index is 1.90. The van der Waals surface area contributed by atoms with E-state index in [1.165, 1.54) is 12.1 Å². The fourth-order valence-electron chi connectivity index (χ4n) is 3.85. The molecule has 24 heavy (non-hydrogen) atoms. The fraction of sp³-hybridized carbons (Fsp3) is 0.588. The summed E-state index contributed by atoms with van der Waals surface area (Å²) < 4.78 is 1.90. The zero-order valence-corrected chi connectivity index (χ0v) is 14.3. The van der Waals surface area contributed by atoms with Crippen molar-refractivity contribution in [3.63, 3.8) is 0 Å². The Morgan fingerprint density at radius 1 is 1.42 bits per heavy atom. The average molecular weight is 332 g/mol. The first-order chi connectivity index (χ1) is 11.3. The molecule has 0 bridgehead atoms. The Bertz CT molecular complexity index is 802. The van der Waals surface area contributed by atoms with Gasteiger partial charge in [-0.2, -0.15) is 5.10 Å². The summed E-state index contributed by atoms with van der Waals surface area (Å²) in [4.78, 5) is 24.8. The lowest BCUT2D eigenvalue weighted by Gasteiger charge is -2.42. The number of hydrogen-bond acceptors (Lipinski definition) is 3. The molecule has 0 aliphatic heterocycles. The van der Waals surface area contributed by atoms with Crippen LogP contribution in [-0.2, 0) is 0 Å². The van der Waals surface area contributed by atoms with E-state index in [0.717, 1.165) is 31.5 Å². The van der Waals surface area contributed by atoms with Crippen LogP contribution in [0.4, 0.5) is 4.79 Å². The number of nitrogens with one attached hydrogen (secondary N) is 1. The third kappa shape index (κ3) is 3.02. The average Bonchev–Trinajstić information content (AvgIpc) is 2.88. The van der Waals surface area contributed by atoms with Crippen molar-refractivity contribution >= 4 is 11.7 Å². The number of aromatic amines is 1. The van der Waals surface area contributed by atoms with Gasteiger partial charge >= 0.3 is 6.09 Å². The van der Waals surface area contributed by atoms with E-state index in [2.05, 4.69) is 10.2 Å². The maximum atomic E-state index is 11.8. The van der Waals surface area contributed by atoms with Crippen LogP contribution in [0.15, 0.2) is 23.1 Å². The van der Waals surface area contributed by atoms with Gasteiger partial charge in [-0.05, 0) is 40.0 Å². The van der Waals surface area contributed by atoms with Gasteiger partial charge < -0.3 is 10.0 Å². The predicted molar refractivity (Wildman–Crippen MR) is 90.4 cm³/mol. The molecule has 3 rings (SSSR count). The van der Waals surface area contributed by atoms with Gasteiger partial charge in [0, 0.05) is 35.8 Å². The Kier molecular flexibility index (Phi) is 4.11. The summed E-state index contributed by atoms with van der Waals surface area (Å²) in [6, 6.07) is 3.02. The number of pyridine rings is 1. The molecule has 0 aromatic carbocycles. The Morgan fingerprint density at radius 3 is 2.83 bits per heavy atom. The first-order valence-corrected chi connectivity index (χ1v) is 8.36. The van der Waals surface area contributed by atoms with Crippen LogP contribution >= 0.6 is 0 Å². The van der Waals surface area contributed by atoms with Crippen LogP contribution < -0.4 is 5.43 Å². The molecular weight excluding hydrogens is 308 g/mol.